The van der Waals surface area contributed by atoms with Crippen LogP contribution in [0.5, 0.6) is 0 Å². The Morgan fingerprint density at radius 3 is 1.59 bits per heavy atom. The van der Waals surface area contributed by atoms with Gasteiger partial charge in [-0.05, 0) is 25.7 Å². The monoisotopic (exact) mass is 228 g/mol. The van der Waals surface area contributed by atoms with Gasteiger partial charge in [-0.1, -0.05) is 74.3 Å². The van der Waals surface area contributed by atoms with Gasteiger partial charge in [0.05, 0.1) is 0 Å². The highest BCUT2D eigenvalue weighted by atomic mass is 14.3. The van der Waals surface area contributed by atoms with Gasteiger partial charge in [0.15, 0.2) is 0 Å². The van der Waals surface area contributed by atoms with Crippen molar-refractivity contribution in [3.05, 3.63) is 46.6 Å². The molecule has 2 aliphatic carbocycles. The van der Waals surface area contributed by atoms with E-state index in [2.05, 4.69) is 52.0 Å². The highest BCUT2D eigenvalue weighted by Gasteiger charge is 2.29. The fourth-order valence-corrected chi connectivity index (χ4v) is 2.74. The summed E-state index contributed by atoms with van der Waals surface area (Å²) in [6, 6.07) is 0. The van der Waals surface area contributed by atoms with Crippen LogP contribution in [-0.2, 0) is 0 Å². The zero-order valence-corrected chi connectivity index (χ0v) is 11.6. The molecule has 0 fully saturated rings. The number of rotatable bonds is 4. The summed E-state index contributed by atoms with van der Waals surface area (Å²) in [5.74, 6) is 0. The molecular weight excluding hydrogens is 204 g/mol. The van der Waals surface area contributed by atoms with E-state index < -0.39 is 0 Å². The van der Waals surface area contributed by atoms with Crippen molar-refractivity contribution in [3.63, 3.8) is 0 Å². The minimum atomic E-state index is 0.237. The third kappa shape index (κ3) is 2.31. The van der Waals surface area contributed by atoms with E-state index in [4.69, 9.17) is 0 Å². The second-order valence-corrected chi connectivity index (χ2v) is 5.64. The highest BCUT2D eigenvalue weighted by Crippen LogP contribution is 2.44. The molecule has 0 amide bonds. The second kappa shape index (κ2) is 4.68. The Morgan fingerprint density at radius 2 is 1.29 bits per heavy atom. The fourth-order valence-electron chi connectivity index (χ4n) is 2.74. The number of hydrogen-bond acceptors (Lipinski definition) is 0. The first-order valence-corrected chi connectivity index (χ1v) is 6.88. The Balaban J connectivity index is 2.17. The molecule has 0 saturated carbocycles. The summed E-state index contributed by atoms with van der Waals surface area (Å²) < 4.78 is 0. The molecule has 92 valence electrons. The van der Waals surface area contributed by atoms with Gasteiger partial charge in [-0.2, -0.15) is 0 Å². The van der Waals surface area contributed by atoms with E-state index in [-0.39, 0.29) is 5.41 Å². The average Bonchev–Trinajstić information content (AvgIpc) is 2.98. The normalized spacial score (nSPS) is 20.0. The van der Waals surface area contributed by atoms with Crippen LogP contribution in [0.2, 0.25) is 0 Å². The minimum Gasteiger partial charge on any atom is -0.0772 e. The summed E-state index contributed by atoms with van der Waals surface area (Å²) in [7, 11) is 0. The average molecular weight is 228 g/mol. The molecule has 0 bridgehead atoms. The predicted molar refractivity (Wildman–Crippen MR) is 75.9 cm³/mol. The molecule has 0 aromatic heterocycles. The molecule has 0 aromatic rings. The molecule has 0 radical (unpaired) electrons. The Hall–Kier alpha value is -1.04. The summed E-state index contributed by atoms with van der Waals surface area (Å²) in [6.45, 7) is 9.24. The number of allylic oxidation sites excluding steroid dienone is 8. The van der Waals surface area contributed by atoms with Gasteiger partial charge >= 0.3 is 0 Å². The molecule has 2 aliphatic rings. The van der Waals surface area contributed by atoms with E-state index in [0.29, 0.717) is 0 Å². The smallest absolute Gasteiger partial charge is 0.00766 e. The SMILES string of the molecule is CCC1=CCC(C(C)(C)C2=CC(CC)=CC2)=C1. The first-order chi connectivity index (χ1) is 8.07. The van der Waals surface area contributed by atoms with Gasteiger partial charge in [-0.3, -0.25) is 0 Å². The van der Waals surface area contributed by atoms with Gasteiger partial charge < -0.3 is 0 Å². The lowest BCUT2D eigenvalue weighted by Crippen LogP contribution is -2.16. The Bertz CT molecular complexity index is 385. The lowest BCUT2D eigenvalue weighted by molar-refractivity contribution is 0.522. The third-order valence-corrected chi connectivity index (χ3v) is 4.31. The molecule has 17 heavy (non-hydrogen) atoms. The van der Waals surface area contributed by atoms with E-state index in [1.165, 1.54) is 11.1 Å². The van der Waals surface area contributed by atoms with Gasteiger partial charge in [0.2, 0.25) is 0 Å². The molecule has 0 nitrogen and oxygen atoms in total. The van der Waals surface area contributed by atoms with Crippen LogP contribution >= 0.6 is 0 Å². The molecule has 0 heteroatoms. The molecule has 0 unspecified atom stereocenters. The molecule has 0 atom stereocenters. The summed E-state index contributed by atoms with van der Waals surface area (Å²) >= 11 is 0. The largest absolute Gasteiger partial charge is 0.0772 e. The van der Waals surface area contributed by atoms with E-state index in [1.54, 1.807) is 11.1 Å². The molecule has 0 saturated heterocycles. The van der Waals surface area contributed by atoms with Crippen molar-refractivity contribution < 1.29 is 0 Å². The molecule has 0 aliphatic heterocycles. The quantitative estimate of drug-likeness (QED) is 0.609. The van der Waals surface area contributed by atoms with Crippen molar-refractivity contribution in [2.75, 3.05) is 0 Å². The first-order valence-electron chi connectivity index (χ1n) is 6.88. The van der Waals surface area contributed by atoms with Crippen LogP contribution in [0.1, 0.15) is 53.4 Å². The van der Waals surface area contributed by atoms with E-state index >= 15 is 0 Å². The van der Waals surface area contributed by atoms with Crippen molar-refractivity contribution in [2.45, 2.75) is 53.4 Å². The predicted octanol–water partition coefficient (Wildman–Crippen LogP) is 5.35. The highest BCUT2D eigenvalue weighted by molar-refractivity contribution is 5.45. The maximum Gasteiger partial charge on any atom is 0.00766 e. The summed E-state index contributed by atoms with van der Waals surface area (Å²) in [6.07, 6.45) is 14.2. The lowest BCUT2D eigenvalue weighted by atomic mass is 9.76. The molecule has 0 aromatic carbocycles. The fraction of sp³-hybridized carbons (Fsp3) is 0.529. The van der Waals surface area contributed by atoms with Gasteiger partial charge in [-0.15, -0.1) is 0 Å². The van der Waals surface area contributed by atoms with Crippen LogP contribution in [0.25, 0.3) is 0 Å². The molecule has 2 rings (SSSR count). The minimum absolute atomic E-state index is 0.237. The van der Waals surface area contributed by atoms with E-state index in [9.17, 15) is 0 Å². The maximum atomic E-state index is 2.42. The standard InChI is InChI=1S/C17H24/c1-5-13-7-9-15(11-13)17(3,4)16-10-8-14(6-2)12-16/h7-8,11-12H,5-6,9-10H2,1-4H3. The Kier molecular flexibility index (Phi) is 3.42. The Morgan fingerprint density at radius 1 is 0.882 bits per heavy atom. The van der Waals surface area contributed by atoms with Crippen LogP contribution in [0.3, 0.4) is 0 Å². The third-order valence-electron chi connectivity index (χ3n) is 4.31. The van der Waals surface area contributed by atoms with Crippen molar-refractivity contribution in [1.29, 1.82) is 0 Å². The van der Waals surface area contributed by atoms with Crippen LogP contribution in [-0.4, -0.2) is 0 Å². The lowest BCUT2D eigenvalue weighted by Gasteiger charge is -2.28. The van der Waals surface area contributed by atoms with Gasteiger partial charge in [0, 0.05) is 5.41 Å². The van der Waals surface area contributed by atoms with Gasteiger partial charge in [0.25, 0.3) is 0 Å². The van der Waals surface area contributed by atoms with Gasteiger partial charge in [-0.25, -0.2) is 0 Å². The maximum absolute atomic E-state index is 2.42. The first kappa shape index (κ1) is 12.4. The summed E-state index contributed by atoms with van der Waals surface area (Å²) in [5, 5.41) is 0. The van der Waals surface area contributed by atoms with Crippen LogP contribution in [0.15, 0.2) is 46.6 Å². The van der Waals surface area contributed by atoms with Crippen molar-refractivity contribution in [2.24, 2.45) is 5.41 Å². The topological polar surface area (TPSA) is 0 Å². The molecular formula is C17H24. The van der Waals surface area contributed by atoms with Crippen molar-refractivity contribution >= 4 is 0 Å². The van der Waals surface area contributed by atoms with Crippen LogP contribution in [0.4, 0.5) is 0 Å². The zero-order chi connectivity index (χ0) is 12.5. The van der Waals surface area contributed by atoms with E-state index in [1.807, 2.05) is 0 Å². The van der Waals surface area contributed by atoms with Crippen molar-refractivity contribution in [3.8, 4) is 0 Å². The zero-order valence-electron chi connectivity index (χ0n) is 11.6. The molecule has 0 N–H and O–H groups in total. The van der Waals surface area contributed by atoms with Crippen LogP contribution in [0, 0.1) is 5.41 Å². The van der Waals surface area contributed by atoms with E-state index in [0.717, 1.165) is 25.7 Å². The van der Waals surface area contributed by atoms with Crippen LogP contribution < -0.4 is 0 Å². The molecule has 0 heterocycles. The number of hydrogen-bond donors (Lipinski definition) is 0. The summed E-state index contributed by atoms with van der Waals surface area (Å²) in [5.41, 5.74) is 6.43. The Labute approximate surface area is 106 Å². The molecule has 0 spiro atoms. The summed E-state index contributed by atoms with van der Waals surface area (Å²) in [4.78, 5) is 0. The second-order valence-electron chi connectivity index (χ2n) is 5.64. The van der Waals surface area contributed by atoms with Gasteiger partial charge in [0.1, 0.15) is 0 Å². The van der Waals surface area contributed by atoms with Crippen molar-refractivity contribution in [1.82, 2.24) is 0 Å².